The Kier molecular flexibility index (Phi) is 5.18. The third-order valence-electron chi connectivity index (χ3n) is 4.61. The predicted molar refractivity (Wildman–Crippen MR) is 96.8 cm³/mol. The zero-order valence-electron chi connectivity index (χ0n) is 13.0. The van der Waals surface area contributed by atoms with Gasteiger partial charge >= 0.3 is 0 Å². The first-order valence-electron chi connectivity index (χ1n) is 7.74. The molecule has 3 aliphatic rings. The van der Waals surface area contributed by atoms with Crippen molar-refractivity contribution in [2.45, 2.75) is 18.9 Å². The molecule has 23 heavy (non-hydrogen) atoms. The summed E-state index contributed by atoms with van der Waals surface area (Å²) in [6.45, 7) is 3.37. The number of hydrogen-bond donors (Lipinski definition) is 2. The smallest absolute Gasteiger partial charge is 0.257 e. The Labute approximate surface area is 149 Å². The number of halogens is 1. The molecule has 7 heteroatoms. The maximum absolute atomic E-state index is 12.3. The number of thiocarbonyl (C=S) groups is 1. The zero-order valence-corrected chi connectivity index (χ0v) is 15.4. The Bertz CT molecular complexity index is 617. The van der Waals surface area contributed by atoms with Crippen molar-refractivity contribution in [3.8, 4) is 5.75 Å². The van der Waals surface area contributed by atoms with Gasteiger partial charge in [-0.25, -0.2) is 0 Å². The van der Waals surface area contributed by atoms with E-state index in [0.29, 0.717) is 28.4 Å². The summed E-state index contributed by atoms with van der Waals surface area (Å²) >= 11 is 8.69. The minimum Gasteiger partial charge on any atom is -0.496 e. The molecule has 0 aromatic heterocycles. The Hall–Kier alpha value is -1.18. The van der Waals surface area contributed by atoms with Gasteiger partial charge in [0.2, 0.25) is 0 Å². The van der Waals surface area contributed by atoms with E-state index in [1.165, 1.54) is 25.9 Å². The Balaban J connectivity index is 1.57. The maximum atomic E-state index is 12.3. The van der Waals surface area contributed by atoms with Gasteiger partial charge in [-0.2, -0.15) is 0 Å². The molecular weight excluding hydrogens is 378 g/mol. The van der Waals surface area contributed by atoms with Gasteiger partial charge in [0.05, 0.1) is 11.6 Å². The molecule has 0 radical (unpaired) electrons. The molecule has 1 aromatic carbocycles. The number of rotatable bonds is 3. The SMILES string of the molecule is COc1ccc(C(=O)NC(=S)NC2CN3CCC2CC3)cc1Br. The quantitative estimate of drug-likeness (QED) is 0.765. The van der Waals surface area contributed by atoms with Crippen LogP contribution in [0.1, 0.15) is 23.2 Å². The number of piperidine rings is 3. The van der Waals surface area contributed by atoms with E-state index in [-0.39, 0.29) is 5.91 Å². The van der Waals surface area contributed by atoms with Crippen molar-refractivity contribution >= 4 is 39.2 Å². The lowest BCUT2D eigenvalue weighted by molar-refractivity contribution is 0.0807. The Morgan fingerprint density at radius 3 is 2.70 bits per heavy atom. The van der Waals surface area contributed by atoms with Gasteiger partial charge in [0, 0.05) is 18.2 Å². The molecule has 5 nitrogen and oxygen atoms in total. The van der Waals surface area contributed by atoms with Gasteiger partial charge in [0.1, 0.15) is 5.75 Å². The predicted octanol–water partition coefficient (Wildman–Crippen LogP) is 2.16. The van der Waals surface area contributed by atoms with Gasteiger partial charge in [-0.1, -0.05) is 0 Å². The van der Waals surface area contributed by atoms with E-state index in [0.717, 1.165) is 11.0 Å². The first-order chi connectivity index (χ1) is 11.1. The Morgan fingerprint density at radius 2 is 2.13 bits per heavy atom. The van der Waals surface area contributed by atoms with Gasteiger partial charge < -0.3 is 15.0 Å². The molecule has 3 saturated heterocycles. The highest BCUT2D eigenvalue weighted by atomic mass is 79.9. The van der Waals surface area contributed by atoms with Crippen molar-refractivity contribution in [2.75, 3.05) is 26.7 Å². The molecule has 1 aromatic rings. The van der Waals surface area contributed by atoms with Crippen LogP contribution in [0.5, 0.6) is 5.75 Å². The Morgan fingerprint density at radius 1 is 1.39 bits per heavy atom. The lowest BCUT2D eigenvalue weighted by atomic mass is 9.84. The summed E-state index contributed by atoms with van der Waals surface area (Å²) in [5, 5.41) is 6.48. The lowest BCUT2D eigenvalue weighted by Gasteiger charge is -2.45. The van der Waals surface area contributed by atoms with Crippen molar-refractivity contribution in [1.29, 1.82) is 0 Å². The molecule has 4 rings (SSSR count). The molecule has 0 aliphatic carbocycles. The molecule has 3 heterocycles. The summed E-state index contributed by atoms with van der Waals surface area (Å²) in [7, 11) is 1.59. The number of carbonyl (C=O) groups excluding carboxylic acids is 1. The van der Waals surface area contributed by atoms with Crippen LogP contribution < -0.4 is 15.4 Å². The normalized spacial score (nSPS) is 25.7. The molecule has 2 bridgehead atoms. The van der Waals surface area contributed by atoms with Crippen molar-refractivity contribution < 1.29 is 9.53 Å². The van der Waals surface area contributed by atoms with Gasteiger partial charge in [0.25, 0.3) is 5.91 Å². The average molecular weight is 398 g/mol. The van der Waals surface area contributed by atoms with Crippen molar-refractivity contribution in [1.82, 2.24) is 15.5 Å². The first kappa shape index (κ1) is 16.7. The van der Waals surface area contributed by atoms with Crippen LogP contribution in [0.25, 0.3) is 0 Å². The number of hydrogen-bond acceptors (Lipinski definition) is 4. The van der Waals surface area contributed by atoms with Crippen molar-refractivity contribution in [3.05, 3.63) is 28.2 Å². The average Bonchev–Trinajstić information content (AvgIpc) is 2.55. The standard InChI is InChI=1S/C16H20BrN3O2S/c1-22-14-3-2-11(8-12(14)17)15(21)19-16(23)18-13-9-20-6-4-10(13)5-7-20/h2-3,8,10,13H,4-7,9H2,1H3,(H2,18,19,21,23). The molecule has 124 valence electrons. The highest BCUT2D eigenvalue weighted by Crippen LogP contribution is 2.27. The number of fused-ring (bicyclic) bond motifs is 3. The topological polar surface area (TPSA) is 53.6 Å². The summed E-state index contributed by atoms with van der Waals surface area (Å²) in [6.07, 6.45) is 2.42. The van der Waals surface area contributed by atoms with E-state index >= 15 is 0 Å². The second kappa shape index (κ2) is 7.15. The van der Waals surface area contributed by atoms with Crippen molar-refractivity contribution in [3.63, 3.8) is 0 Å². The van der Waals surface area contributed by atoms with Crippen LogP contribution in [0.3, 0.4) is 0 Å². The first-order valence-corrected chi connectivity index (χ1v) is 8.94. The van der Waals surface area contributed by atoms with E-state index in [4.69, 9.17) is 17.0 Å². The number of nitrogens with zero attached hydrogens (tertiary/aromatic N) is 1. The molecule has 0 saturated carbocycles. The third kappa shape index (κ3) is 3.84. The van der Waals surface area contributed by atoms with Crippen LogP contribution in [0.4, 0.5) is 0 Å². The van der Waals surface area contributed by atoms with Crippen LogP contribution in [0.15, 0.2) is 22.7 Å². The molecule has 2 N–H and O–H groups in total. The van der Waals surface area contributed by atoms with Crippen LogP contribution in [-0.2, 0) is 0 Å². The second-order valence-corrected chi connectivity index (χ2v) is 7.28. The van der Waals surface area contributed by atoms with Gasteiger partial charge in [-0.05, 0) is 78.2 Å². The van der Waals surface area contributed by atoms with Gasteiger partial charge in [0.15, 0.2) is 5.11 Å². The summed E-state index contributed by atoms with van der Waals surface area (Å²) < 4.78 is 5.91. The van der Waals surface area contributed by atoms with E-state index < -0.39 is 0 Å². The molecule has 3 fully saturated rings. The van der Waals surface area contributed by atoms with Crippen LogP contribution in [-0.4, -0.2) is 48.7 Å². The maximum Gasteiger partial charge on any atom is 0.257 e. The van der Waals surface area contributed by atoms with Crippen LogP contribution in [0.2, 0.25) is 0 Å². The highest BCUT2D eigenvalue weighted by molar-refractivity contribution is 9.10. The van der Waals surface area contributed by atoms with Gasteiger partial charge in [-0.3, -0.25) is 10.1 Å². The summed E-state index contributed by atoms with van der Waals surface area (Å²) in [6, 6.07) is 5.54. The monoisotopic (exact) mass is 397 g/mol. The fourth-order valence-corrected chi connectivity index (χ4v) is 4.10. The largest absolute Gasteiger partial charge is 0.496 e. The second-order valence-electron chi connectivity index (χ2n) is 6.02. The number of methoxy groups -OCH3 is 1. The van der Waals surface area contributed by atoms with Crippen LogP contribution >= 0.6 is 28.1 Å². The fraction of sp³-hybridized carbons (Fsp3) is 0.500. The molecule has 1 unspecified atom stereocenters. The fourth-order valence-electron chi connectivity index (χ4n) is 3.32. The molecular formula is C16H20BrN3O2S. The van der Waals surface area contributed by atoms with Gasteiger partial charge in [-0.15, -0.1) is 0 Å². The number of carbonyl (C=O) groups is 1. The van der Waals surface area contributed by atoms with E-state index in [2.05, 4.69) is 31.5 Å². The number of nitrogens with one attached hydrogen (secondary N) is 2. The summed E-state index contributed by atoms with van der Waals surface area (Å²) in [5.41, 5.74) is 0.538. The molecule has 3 aliphatic heterocycles. The molecule has 0 spiro atoms. The third-order valence-corrected chi connectivity index (χ3v) is 5.45. The van der Waals surface area contributed by atoms with Crippen molar-refractivity contribution in [2.24, 2.45) is 5.92 Å². The zero-order chi connectivity index (χ0) is 16.4. The molecule has 1 amide bonds. The van der Waals surface area contributed by atoms with Crippen LogP contribution in [0, 0.1) is 5.92 Å². The number of ether oxygens (including phenoxy) is 1. The summed E-state index contributed by atoms with van der Waals surface area (Å²) in [4.78, 5) is 14.7. The minimum atomic E-state index is -0.216. The molecule has 1 atom stereocenters. The number of amides is 1. The highest BCUT2D eigenvalue weighted by Gasteiger charge is 2.34. The van der Waals surface area contributed by atoms with E-state index in [9.17, 15) is 4.79 Å². The minimum absolute atomic E-state index is 0.216. The van der Waals surface area contributed by atoms with E-state index in [1.54, 1.807) is 25.3 Å². The lowest BCUT2D eigenvalue weighted by Crippen LogP contribution is -2.59. The number of benzene rings is 1. The van der Waals surface area contributed by atoms with E-state index in [1.807, 2.05) is 0 Å². The summed E-state index contributed by atoms with van der Waals surface area (Å²) in [5.74, 6) is 1.13.